The van der Waals surface area contributed by atoms with Gasteiger partial charge in [0.25, 0.3) is 5.91 Å². The summed E-state index contributed by atoms with van der Waals surface area (Å²) in [5.41, 5.74) is 0. The van der Waals surface area contributed by atoms with E-state index in [4.69, 9.17) is 0 Å². The molecule has 0 aliphatic heterocycles. The first-order valence-corrected chi connectivity index (χ1v) is 5.40. The molecule has 1 fully saturated rings. The average molecular weight is 234 g/mol. The summed E-state index contributed by atoms with van der Waals surface area (Å²) in [4.78, 5) is 22.9. The molecule has 0 saturated heterocycles. The Morgan fingerprint density at radius 1 is 1.38 bits per heavy atom. The van der Waals surface area contributed by atoms with Crippen LogP contribution >= 0.6 is 0 Å². The van der Waals surface area contributed by atoms with E-state index in [2.05, 4.69) is 10.6 Å². The van der Waals surface area contributed by atoms with Crippen LogP contribution in [0.25, 0.3) is 0 Å². The highest BCUT2D eigenvalue weighted by atomic mass is 19.3. The Kier molecular flexibility index (Phi) is 4.79. The number of carbonyl (C=O) groups is 2. The highest BCUT2D eigenvalue weighted by molar-refractivity contribution is 6.38. The number of nitrogens with one attached hydrogen (secondary N) is 2. The van der Waals surface area contributed by atoms with Crippen molar-refractivity contribution in [2.24, 2.45) is 0 Å². The number of Topliss-reactive ketones (excluding diaryl/α,β-unsaturated/α-hetero) is 1. The average Bonchev–Trinajstić information content (AvgIpc) is 2.99. The van der Waals surface area contributed by atoms with Crippen molar-refractivity contribution >= 4 is 11.7 Å². The lowest BCUT2D eigenvalue weighted by atomic mass is 10.1. The quantitative estimate of drug-likeness (QED) is 0.629. The van der Waals surface area contributed by atoms with Gasteiger partial charge in [0.1, 0.15) is 0 Å². The molecule has 0 aromatic carbocycles. The van der Waals surface area contributed by atoms with Crippen LogP contribution in [0.5, 0.6) is 0 Å². The van der Waals surface area contributed by atoms with Gasteiger partial charge in [0.15, 0.2) is 0 Å². The third-order valence-corrected chi connectivity index (χ3v) is 2.32. The highest BCUT2D eigenvalue weighted by Crippen LogP contribution is 2.18. The molecule has 16 heavy (non-hydrogen) atoms. The summed E-state index contributed by atoms with van der Waals surface area (Å²) in [5.74, 6) is -1.55. The Hall–Kier alpha value is -1.04. The normalized spacial score (nSPS) is 17.2. The van der Waals surface area contributed by atoms with E-state index in [1.807, 2.05) is 0 Å². The topological polar surface area (TPSA) is 58.2 Å². The van der Waals surface area contributed by atoms with Crippen molar-refractivity contribution in [2.45, 2.75) is 44.7 Å². The van der Waals surface area contributed by atoms with Gasteiger partial charge in [-0.15, -0.1) is 0 Å². The Bertz CT molecular complexity index is 268. The van der Waals surface area contributed by atoms with Crippen molar-refractivity contribution in [3.8, 4) is 0 Å². The van der Waals surface area contributed by atoms with E-state index < -0.39 is 30.6 Å². The van der Waals surface area contributed by atoms with Gasteiger partial charge in [0.05, 0.1) is 6.04 Å². The molecule has 1 rings (SSSR count). The molecule has 1 amide bonds. The van der Waals surface area contributed by atoms with E-state index in [0.29, 0.717) is 6.54 Å². The number of likely N-dealkylation sites (N-methyl/N-ethyl adjacent to an activating group) is 1. The Morgan fingerprint density at radius 2 is 2.00 bits per heavy atom. The predicted molar refractivity (Wildman–Crippen MR) is 54.3 cm³/mol. The van der Waals surface area contributed by atoms with E-state index in [0.717, 1.165) is 12.8 Å². The van der Waals surface area contributed by atoms with Gasteiger partial charge >= 0.3 is 0 Å². The van der Waals surface area contributed by atoms with Crippen molar-refractivity contribution in [1.29, 1.82) is 0 Å². The van der Waals surface area contributed by atoms with Crippen molar-refractivity contribution in [1.82, 2.24) is 10.6 Å². The summed E-state index contributed by atoms with van der Waals surface area (Å²) in [5, 5.41) is 5.09. The molecule has 0 aromatic heterocycles. The summed E-state index contributed by atoms with van der Waals surface area (Å²) in [6, 6.07) is -1.02. The van der Waals surface area contributed by atoms with Crippen LogP contribution in [0.2, 0.25) is 0 Å². The maximum Gasteiger partial charge on any atom is 0.289 e. The minimum Gasteiger partial charge on any atom is -0.347 e. The van der Waals surface area contributed by atoms with Gasteiger partial charge < -0.3 is 10.6 Å². The maximum absolute atomic E-state index is 12.2. The fourth-order valence-electron chi connectivity index (χ4n) is 1.35. The van der Waals surface area contributed by atoms with Crippen LogP contribution in [0.4, 0.5) is 8.78 Å². The lowest BCUT2D eigenvalue weighted by molar-refractivity contribution is -0.139. The van der Waals surface area contributed by atoms with Gasteiger partial charge in [-0.2, -0.15) is 0 Å². The molecule has 1 atom stereocenters. The number of carbonyl (C=O) groups excluding carboxylic acids is 2. The number of halogens is 2. The van der Waals surface area contributed by atoms with Crippen LogP contribution < -0.4 is 10.6 Å². The molecule has 0 aromatic rings. The molecule has 1 aliphatic carbocycles. The third-order valence-electron chi connectivity index (χ3n) is 2.32. The Morgan fingerprint density at radius 3 is 2.44 bits per heavy atom. The van der Waals surface area contributed by atoms with Crippen LogP contribution in [0.3, 0.4) is 0 Å². The fourth-order valence-corrected chi connectivity index (χ4v) is 1.35. The van der Waals surface area contributed by atoms with Crippen molar-refractivity contribution in [2.75, 3.05) is 6.54 Å². The number of ketones is 1. The monoisotopic (exact) mass is 234 g/mol. The lowest BCUT2D eigenvalue weighted by Crippen LogP contribution is -2.46. The first-order valence-electron chi connectivity index (χ1n) is 5.40. The first kappa shape index (κ1) is 13.0. The Balaban J connectivity index is 2.46. The SMILES string of the molecule is CCNC(CC(F)F)C(=O)C(=O)NC1CC1. The molecule has 1 saturated carbocycles. The van der Waals surface area contributed by atoms with Gasteiger partial charge in [-0.1, -0.05) is 6.92 Å². The van der Waals surface area contributed by atoms with Crippen LogP contribution in [0.15, 0.2) is 0 Å². The zero-order chi connectivity index (χ0) is 12.1. The number of hydrogen-bond acceptors (Lipinski definition) is 3. The minimum atomic E-state index is -2.60. The second kappa shape index (κ2) is 5.89. The summed E-state index contributed by atoms with van der Waals surface area (Å²) in [6.45, 7) is 2.07. The van der Waals surface area contributed by atoms with E-state index in [9.17, 15) is 18.4 Å². The molecule has 6 heteroatoms. The molecular weight excluding hydrogens is 218 g/mol. The summed E-state index contributed by atoms with van der Waals surface area (Å²) < 4.78 is 24.4. The summed E-state index contributed by atoms with van der Waals surface area (Å²) in [7, 11) is 0. The van der Waals surface area contributed by atoms with Crippen molar-refractivity contribution in [3.05, 3.63) is 0 Å². The second-order valence-electron chi connectivity index (χ2n) is 3.85. The molecule has 0 radical (unpaired) electrons. The van der Waals surface area contributed by atoms with Gasteiger partial charge in [-0.3, -0.25) is 9.59 Å². The van der Waals surface area contributed by atoms with Crippen molar-refractivity contribution < 1.29 is 18.4 Å². The van der Waals surface area contributed by atoms with Crippen LogP contribution in [-0.4, -0.2) is 36.7 Å². The second-order valence-corrected chi connectivity index (χ2v) is 3.85. The van der Waals surface area contributed by atoms with E-state index >= 15 is 0 Å². The number of rotatable bonds is 7. The molecule has 2 N–H and O–H groups in total. The molecule has 1 aliphatic rings. The molecule has 0 spiro atoms. The number of hydrogen-bond donors (Lipinski definition) is 2. The van der Waals surface area contributed by atoms with E-state index in [1.165, 1.54) is 0 Å². The maximum atomic E-state index is 12.2. The fraction of sp³-hybridized carbons (Fsp3) is 0.800. The van der Waals surface area contributed by atoms with Gasteiger partial charge in [0, 0.05) is 12.5 Å². The van der Waals surface area contributed by atoms with Gasteiger partial charge in [0.2, 0.25) is 12.2 Å². The molecular formula is C10H16F2N2O2. The largest absolute Gasteiger partial charge is 0.347 e. The van der Waals surface area contributed by atoms with E-state index in [1.54, 1.807) is 6.92 Å². The zero-order valence-corrected chi connectivity index (χ0v) is 9.13. The number of amides is 1. The molecule has 0 bridgehead atoms. The minimum absolute atomic E-state index is 0.0604. The lowest BCUT2D eigenvalue weighted by Gasteiger charge is -2.15. The molecule has 4 nitrogen and oxygen atoms in total. The summed E-state index contributed by atoms with van der Waals surface area (Å²) in [6.07, 6.45) is -1.49. The van der Waals surface area contributed by atoms with Crippen LogP contribution in [-0.2, 0) is 9.59 Å². The Labute approximate surface area is 92.8 Å². The zero-order valence-electron chi connectivity index (χ0n) is 9.13. The molecule has 92 valence electrons. The highest BCUT2D eigenvalue weighted by Gasteiger charge is 2.31. The third kappa shape index (κ3) is 4.22. The first-order chi connectivity index (χ1) is 7.54. The molecule has 0 heterocycles. The number of alkyl halides is 2. The van der Waals surface area contributed by atoms with Crippen LogP contribution in [0.1, 0.15) is 26.2 Å². The smallest absolute Gasteiger partial charge is 0.289 e. The van der Waals surface area contributed by atoms with Gasteiger partial charge in [-0.05, 0) is 19.4 Å². The van der Waals surface area contributed by atoms with Crippen LogP contribution in [0, 0.1) is 0 Å². The molecule has 1 unspecified atom stereocenters. The van der Waals surface area contributed by atoms with Gasteiger partial charge in [-0.25, -0.2) is 8.78 Å². The standard InChI is InChI=1S/C10H16F2N2O2/c1-2-13-7(5-8(11)12)9(15)10(16)14-6-3-4-6/h6-8,13H,2-5H2,1H3,(H,14,16). The summed E-state index contributed by atoms with van der Waals surface area (Å²) >= 11 is 0. The van der Waals surface area contributed by atoms with Crippen molar-refractivity contribution in [3.63, 3.8) is 0 Å². The van der Waals surface area contributed by atoms with E-state index in [-0.39, 0.29) is 6.04 Å². The predicted octanol–water partition coefficient (Wildman–Crippen LogP) is 0.467.